The van der Waals surface area contributed by atoms with Gasteiger partial charge in [-0.15, -0.1) is 0 Å². The van der Waals surface area contributed by atoms with Crippen LogP contribution in [0.15, 0.2) is 42.5 Å². The molecule has 1 fully saturated rings. The summed E-state index contributed by atoms with van der Waals surface area (Å²) in [6, 6.07) is 11.3. The van der Waals surface area contributed by atoms with Gasteiger partial charge in [0.2, 0.25) is 6.79 Å². The maximum absolute atomic E-state index is 12.6. The number of aromatic hydroxyl groups is 1. The molecule has 170 valence electrons. The number of hydrogen-bond acceptors (Lipinski definition) is 6. The molecule has 2 heterocycles. The van der Waals surface area contributed by atoms with Crippen molar-refractivity contribution in [2.75, 3.05) is 12.1 Å². The van der Waals surface area contributed by atoms with Gasteiger partial charge in [-0.25, -0.2) is 4.79 Å². The van der Waals surface area contributed by atoms with E-state index in [0.29, 0.717) is 39.9 Å². The Morgan fingerprint density at radius 3 is 2.61 bits per heavy atom. The number of carbonyl (C=O) groups is 2. The van der Waals surface area contributed by atoms with Gasteiger partial charge < -0.3 is 25.2 Å². The van der Waals surface area contributed by atoms with Crippen LogP contribution < -0.4 is 20.1 Å². The van der Waals surface area contributed by atoms with Crippen LogP contribution in [0.1, 0.15) is 48.7 Å². The van der Waals surface area contributed by atoms with Crippen LogP contribution in [0.4, 0.5) is 10.5 Å². The Labute approximate surface area is 190 Å². The molecule has 9 heteroatoms. The maximum atomic E-state index is 12.6. The van der Waals surface area contributed by atoms with Crippen LogP contribution in [0.5, 0.6) is 17.2 Å². The number of anilines is 1. The maximum Gasteiger partial charge on any atom is 0.342 e. The highest BCUT2D eigenvalue weighted by atomic mass is 16.7. The first-order valence-corrected chi connectivity index (χ1v) is 10.8. The van der Waals surface area contributed by atoms with Gasteiger partial charge in [0.1, 0.15) is 5.75 Å². The van der Waals surface area contributed by atoms with E-state index in [1.54, 1.807) is 30.3 Å². The Balaban J connectivity index is 1.37. The molecule has 1 saturated carbocycles. The minimum atomic E-state index is -0.342. The molecule has 0 spiro atoms. The van der Waals surface area contributed by atoms with Crippen molar-refractivity contribution in [3.8, 4) is 28.5 Å². The van der Waals surface area contributed by atoms with Crippen molar-refractivity contribution in [3.05, 3.63) is 53.7 Å². The van der Waals surface area contributed by atoms with Gasteiger partial charge in [0.05, 0.1) is 11.4 Å². The van der Waals surface area contributed by atoms with Crippen LogP contribution in [0.25, 0.3) is 11.3 Å². The molecular formula is C24H24N4O5. The second kappa shape index (κ2) is 8.16. The van der Waals surface area contributed by atoms with Crippen LogP contribution in [-0.2, 0) is 0 Å². The van der Waals surface area contributed by atoms with Crippen LogP contribution >= 0.6 is 0 Å². The van der Waals surface area contributed by atoms with Crippen LogP contribution in [0.3, 0.4) is 0 Å². The van der Waals surface area contributed by atoms with E-state index in [1.165, 1.54) is 10.7 Å². The molecule has 2 aromatic carbocycles. The Morgan fingerprint density at radius 2 is 1.88 bits per heavy atom. The van der Waals surface area contributed by atoms with Gasteiger partial charge in [-0.05, 0) is 63.1 Å². The molecule has 0 radical (unpaired) electrons. The summed E-state index contributed by atoms with van der Waals surface area (Å²) in [4.78, 5) is 25.2. The largest absolute Gasteiger partial charge is 0.507 e. The predicted molar refractivity (Wildman–Crippen MR) is 121 cm³/mol. The van der Waals surface area contributed by atoms with E-state index < -0.39 is 0 Å². The molecule has 2 amide bonds. The van der Waals surface area contributed by atoms with E-state index in [9.17, 15) is 14.7 Å². The number of hydrogen-bond donors (Lipinski definition) is 3. The van der Waals surface area contributed by atoms with Gasteiger partial charge in [-0.1, -0.05) is 0 Å². The first-order chi connectivity index (χ1) is 15.9. The summed E-state index contributed by atoms with van der Waals surface area (Å²) in [5.74, 6) is 1.03. The van der Waals surface area contributed by atoms with E-state index >= 15 is 0 Å². The Kier molecular flexibility index (Phi) is 5.16. The third-order valence-corrected chi connectivity index (χ3v) is 5.50. The molecule has 2 aliphatic rings. The number of aromatic nitrogens is 2. The highest BCUT2D eigenvalue weighted by Gasteiger charge is 2.31. The SMILES string of the molecule is CC(C)NC(=O)n1nc(-c2ccc(NC(=O)c3ccc4c(c3)OCO4)cc2O)cc1C1CC1. The number of phenolic OH excluding ortho intramolecular Hbond substituents is 1. The molecule has 1 aliphatic carbocycles. The Morgan fingerprint density at radius 1 is 1.09 bits per heavy atom. The van der Waals surface area contributed by atoms with Crippen molar-refractivity contribution in [2.24, 2.45) is 0 Å². The Hall–Kier alpha value is -4.01. The summed E-state index contributed by atoms with van der Waals surface area (Å²) in [5, 5.41) is 20.7. The first kappa shape index (κ1) is 20.9. The van der Waals surface area contributed by atoms with Crippen molar-refractivity contribution in [1.82, 2.24) is 15.1 Å². The summed E-state index contributed by atoms with van der Waals surface area (Å²) in [5.41, 5.74) is 2.66. The summed E-state index contributed by atoms with van der Waals surface area (Å²) >= 11 is 0. The van der Waals surface area contributed by atoms with E-state index in [1.807, 2.05) is 19.9 Å². The van der Waals surface area contributed by atoms with Crippen molar-refractivity contribution in [2.45, 2.75) is 38.6 Å². The summed E-state index contributed by atoms with van der Waals surface area (Å²) < 4.78 is 12.0. The van der Waals surface area contributed by atoms with Crippen LogP contribution in [-0.4, -0.2) is 39.7 Å². The van der Waals surface area contributed by atoms with Gasteiger partial charge in [-0.3, -0.25) is 4.79 Å². The highest BCUT2D eigenvalue weighted by molar-refractivity contribution is 6.05. The topological polar surface area (TPSA) is 115 Å². The molecule has 33 heavy (non-hydrogen) atoms. The first-order valence-electron chi connectivity index (χ1n) is 10.8. The van der Waals surface area contributed by atoms with E-state index in [0.717, 1.165) is 18.5 Å². The average molecular weight is 448 g/mol. The van der Waals surface area contributed by atoms with E-state index in [-0.39, 0.29) is 30.5 Å². The molecule has 0 atom stereocenters. The molecule has 3 N–H and O–H groups in total. The lowest BCUT2D eigenvalue weighted by Gasteiger charge is -2.10. The minimum Gasteiger partial charge on any atom is -0.507 e. The number of rotatable bonds is 5. The number of nitrogens with zero attached hydrogens (tertiary/aromatic N) is 2. The fraction of sp³-hybridized carbons (Fsp3) is 0.292. The number of nitrogens with one attached hydrogen (secondary N) is 2. The highest BCUT2D eigenvalue weighted by Crippen LogP contribution is 2.42. The zero-order valence-electron chi connectivity index (χ0n) is 18.3. The normalized spacial score (nSPS) is 14.4. The number of amides is 2. The lowest BCUT2D eigenvalue weighted by Crippen LogP contribution is -2.35. The fourth-order valence-corrected chi connectivity index (χ4v) is 3.73. The zero-order chi connectivity index (χ0) is 23.1. The second-order valence-electron chi connectivity index (χ2n) is 8.50. The molecule has 1 aliphatic heterocycles. The summed E-state index contributed by atoms with van der Waals surface area (Å²) in [6.45, 7) is 3.91. The monoisotopic (exact) mass is 448 g/mol. The molecule has 0 saturated heterocycles. The second-order valence-corrected chi connectivity index (χ2v) is 8.50. The molecular weight excluding hydrogens is 424 g/mol. The van der Waals surface area contributed by atoms with Gasteiger partial charge in [0, 0.05) is 34.8 Å². The lowest BCUT2D eigenvalue weighted by atomic mass is 10.1. The Bertz CT molecular complexity index is 1250. The smallest absolute Gasteiger partial charge is 0.342 e. The van der Waals surface area contributed by atoms with Gasteiger partial charge in [0.25, 0.3) is 5.91 Å². The fourth-order valence-electron chi connectivity index (χ4n) is 3.73. The lowest BCUT2D eigenvalue weighted by molar-refractivity contribution is 0.102. The van der Waals surface area contributed by atoms with Crippen LogP contribution in [0, 0.1) is 0 Å². The van der Waals surface area contributed by atoms with Gasteiger partial charge >= 0.3 is 6.03 Å². The third-order valence-electron chi connectivity index (χ3n) is 5.50. The summed E-state index contributed by atoms with van der Waals surface area (Å²) in [6.07, 6.45) is 2.02. The molecule has 0 bridgehead atoms. The van der Waals surface area contributed by atoms with Crippen LogP contribution in [0.2, 0.25) is 0 Å². The summed E-state index contributed by atoms with van der Waals surface area (Å²) in [7, 11) is 0. The molecule has 0 unspecified atom stereocenters. The quantitative estimate of drug-likeness (QED) is 0.542. The van der Waals surface area contributed by atoms with E-state index in [4.69, 9.17) is 9.47 Å². The molecule has 3 aromatic rings. The van der Waals surface area contributed by atoms with Crippen molar-refractivity contribution in [1.29, 1.82) is 0 Å². The van der Waals surface area contributed by atoms with Crippen molar-refractivity contribution in [3.63, 3.8) is 0 Å². The number of phenols is 1. The number of carbonyl (C=O) groups excluding carboxylic acids is 2. The van der Waals surface area contributed by atoms with Gasteiger partial charge in [-0.2, -0.15) is 9.78 Å². The van der Waals surface area contributed by atoms with Crippen molar-refractivity contribution < 1.29 is 24.2 Å². The number of benzene rings is 2. The predicted octanol–water partition coefficient (Wildman–Crippen LogP) is 4.08. The van der Waals surface area contributed by atoms with Crippen molar-refractivity contribution >= 4 is 17.6 Å². The third kappa shape index (κ3) is 4.21. The zero-order valence-corrected chi connectivity index (χ0v) is 18.3. The van der Waals surface area contributed by atoms with E-state index in [2.05, 4.69) is 15.7 Å². The number of ether oxygens (including phenoxy) is 2. The average Bonchev–Trinajstić information content (AvgIpc) is 3.34. The minimum absolute atomic E-state index is 0.0155. The standard InChI is InChI=1S/C24H24N4O5/c1-13(2)25-24(31)28-19(14-3-4-14)11-18(27-28)17-7-6-16(10-20(17)29)26-23(30)15-5-8-21-22(9-15)33-12-32-21/h5-11,13-14,29H,3-4,12H2,1-2H3,(H,25,31)(H,26,30). The van der Waals surface area contributed by atoms with Gasteiger partial charge in [0.15, 0.2) is 11.5 Å². The molecule has 9 nitrogen and oxygen atoms in total. The molecule has 5 rings (SSSR count). The molecule has 1 aromatic heterocycles. The number of fused-ring (bicyclic) bond motifs is 1.